The normalized spacial score (nSPS) is 18.5. The highest BCUT2D eigenvalue weighted by Crippen LogP contribution is 2.41. The van der Waals surface area contributed by atoms with Gasteiger partial charge in [-0.15, -0.1) is 23.1 Å². The van der Waals surface area contributed by atoms with E-state index < -0.39 is 35.2 Å². The van der Waals surface area contributed by atoms with Gasteiger partial charge in [0.05, 0.1) is 20.7 Å². The molecule has 0 aliphatic carbocycles. The molecule has 2 aliphatic heterocycles. The van der Waals surface area contributed by atoms with Gasteiger partial charge in [0.25, 0.3) is 11.8 Å². The Kier molecular flexibility index (Phi) is 9.18. The maximum atomic E-state index is 13.2. The average Bonchev–Trinajstić information content (AvgIpc) is 3.49. The van der Waals surface area contributed by atoms with Crippen LogP contribution in [0.15, 0.2) is 21.8 Å². The van der Waals surface area contributed by atoms with Crippen molar-refractivity contribution in [3.63, 3.8) is 0 Å². The van der Waals surface area contributed by atoms with Crippen molar-refractivity contribution in [2.45, 2.75) is 32.2 Å². The first-order valence-electron chi connectivity index (χ1n) is 12.5. The number of thiazole rings is 2. The van der Waals surface area contributed by atoms with Gasteiger partial charge >= 0.3 is 17.1 Å². The smallest absolute Gasteiger partial charge is 0.352 e. The van der Waals surface area contributed by atoms with E-state index in [1.165, 1.54) is 28.0 Å². The number of thioether (sulfide) groups is 1. The van der Waals surface area contributed by atoms with Crippen LogP contribution in [0.1, 0.15) is 34.9 Å². The van der Waals surface area contributed by atoms with E-state index in [4.69, 9.17) is 15.3 Å². The molecule has 0 spiro atoms. The number of fused-ring (bicyclic) bond motifs is 1. The summed E-state index contributed by atoms with van der Waals surface area (Å²) < 4.78 is 6.99. The van der Waals surface area contributed by atoms with Gasteiger partial charge in [-0.25, -0.2) is 19.1 Å². The molecule has 2 aromatic rings. The molecular formula is C24H30N7O7S3+. The van der Waals surface area contributed by atoms with Crippen molar-refractivity contribution in [2.24, 2.45) is 12.2 Å². The number of amides is 2. The topological polar surface area (TPSA) is 181 Å². The SMILES string of the molecule is CCO/N=C(\C(=O)NC1C(=O)N2C(C(=O)O)=C(CN(C)c3sc(C(=O)OCC)c(C)[n+]3C)CSC12)c1csc(N)n1. The van der Waals surface area contributed by atoms with Crippen LogP contribution < -0.4 is 20.5 Å². The fourth-order valence-electron chi connectivity index (χ4n) is 4.35. The molecule has 1 saturated heterocycles. The lowest BCUT2D eigenvalue weighted by molar-refractivity contribution is -0.660. The molecule has 4 N–H and O–H groups in total. The molecule has 0 saturated carbocycles. The third-order valence-corrected chi connectivity index (χ3v) is 9.78. The number of ether oxygens (including phenoxy) is 1. The second kappa shape index (κ2) is 12.4. The lowest BCUT2D eigenvalue weighted by Crippen LogP contribution is -2.71. The van der Waals surface area contributed by atoms with E-state index in [1.54, 1.807) is 26.3 Å². The quantitative estimate of drug-likeness (QED) is 0.105. The predicted molar refractivity (Wildman–Crippen MR) is 154 cm³/mol. The molecule has 0 radical (unpaired) electrons. The molecule has 4 rings (SSSR count). The van der Waals surface area contributed by atoms with E-state index >= 15 is 0 Å². The van der Waals surface area contributed by atoms with Crippen LogP contribution in [-0.4, -0.2) is 88.4 Å². The number of rotatable bonds is 11. The number of aliphatic carboxylic acids is 1. The Labute approximate surface area is 247 Å². The molecule has 220 valence electrons. The zero-order valence-corrected chi connectivity index (χ0v) is 25.4. The number of nitrogen functional groups attached to an aromatic ring is 1. The number of likely N-dealkylation sites (N-methyl/N-ethyl adjacent to an activating group) is 1. The molecular weight excluding hydrogens is 595 g/mol. The van der Waals surface area contributed by atoms with E-state index in [-0.39, 0.29) is 42.0 Å². The number of nitrogens with one attached hydrogen (secondary N) is 1. The minimum Gasteiger partial charge on any atom is -0.477 e. The molecule has 0 bridgehead atoms. The molecule has 2 aromatic heterocycles. The Balaban J connectivity index is 1.53. The van der Waals surface area contributed by atoms with Crippen LogP contribution in [-0.2, 0) is 31.0 Å². The zero-order valence-electron chi connectivity index (χ0n) is 23.0. The highest BCUT2D eigenvalue weighted by Gasteiger charge is 2.54. The summed E-state index contributed by atoms with van der Waals surface area (Å²) in [4.78, 5) is 63.6. The van der Waals surface area contributed by atoms with Gasteiger partial charge in [0.1, 0.15) is 41.7 Å². The lowest BCUT2D eigenvalue weighted by atomic mass is 10.0. The third-order valence-electron chi connectivity index (χ3n) is 6.33. The van der Waals surface area contributed by atoms with Crippen molar-refractivity contribution in [3.05, 3.63) is 32.9 Å². The van der Waals surface area contributed by atoms with Crippen LogP contribution in [0.5, 0.6) is 0 Å². The molecule has 14 nitrogen and oxygen atoms in total. The number of oxime groups is 1. The molecule has 2 aliphatic rings. The van der Waals surface area contributed by atoms with E-state index in [9.17, 15) is 24.3 Å². The number of esters is 1. The number of anilines is 2. The maximum absolute atomic E-state index is 13.2. The number of carboxylic acids is 1. The Morgan fingerprint density at radius 3 is 2.68 bits per heavy atom. The highest BCUT2D eigenvalue weighted by atomic mass is 32.2. The summed E-state index contributed by atoms with van der Waals surface area (Å²) in [6, 6.07) is -0.964. The molecule has 4 heterocycles. The van der Waals surface area contributed by atoms with Crippen LogP contribution in [0.4, 0.5) is 10.3 Å². The lowest BCUT2D eigenvalue weighted by Gasteiger charge is -2.49. The van der Waals surface area contributed by atoms with E-state index in [0.717, 1.165) is 22.2 Å². The highest BCUT2D eigenvalue weighted by molar-refractivity contribution is 8.00. The van der Waals surface area contributed by atoms with Gasteiger partial charge in [-0.3, -0.25) is 19.4 Å². The van der Waals surface area contributed by atoms with Crippen molar-refractivity contribution in [2.75, 3.05) is 43.2 Å². The Hall–Kier alpha value is -3.70. The summed E-state index contributed by atoms with van der Waals surface area (Å²) in [5.74, 6) is -2.59. The maximum Gasteiger partial charge on any atom is 0.352 e. The minimum absolute atomic E-state index is 0.117. The standard InChI is InChI=1S/C24H29N7O7S3/c1-6-37-22(36)17-11(3)30(5)24(41-17)29(4)8-12-9-39-20-15(19(33)31(20)16(12)21(34)35)27-18(32)14(28-38-7-2)13-10-40-23(25)26-13/h10,15,20H,6-9H2,1-5H3,(H3-,25,26,27,32,34,35)/p+1/b28-14-. The van der Waals surface area contributed by atoms with Gasteiger partial charge in [0.2, 0.25) is 0 Å². The number of carboxylic acid groups (broad SMARTS) is 1. The zero-order chi connectivity index (χ0) is 30.0. The molecule has 1 fully saturated rings. The molecule has 2 unspecified atom stereocenters. The van der Waals surface area contributed by atoms with Crippen LogP contribution in [0.2, 0.25) is 0 Å². The summed E-state index contributed by atoms with van der Waals surface area (Å²) in [5.41, 5.74) is 6.90. The number of β-lactam (4-membered cyclic amide) rings is 1. The van der Waals surface area contributed by atoms with Crippen molar-refractivity contribution >= 4 is 74.2 Å². The largest absolute Gasteiger partial charge is 0.477 e. The number of hydrogen-bond donors (Lipinski definition) is 3. The minimum atomic E-state index is -1.24. The molecule has 0 aromatic carbocycles. The van der Waals surface area contributed by atoms with Gasteiger partial charge in [-0.1, -0.05) is 5.16 Å². The summed E-state index contributed by atoms with van der Waals surface area (Å²) in [6.45, 7) is 5.91. The van der Waals surface area contributed by atoms with E-state index in [1.807, 2.05) is 23.4 Å². The Morgan fingerprint density at radius 1 is 1.34 bits per heavy atom. The first kappa shape index (κ1) is 30.3. The van der Waals surface area contributed by atoms with E-state index in [2.05, 4.69) is 15.5 Å². The molecule has 2 atom stereocenters. The summed E-state index contributed by atoms with van der Waals surface area (Å²) in [7, 11) is 3.60. The number of nitrogens with two attached hydrogens (primary N) is 1. The van der Waals surface area contributed by atoms with Crippen molar-refractivity contribution in [3.8, 4) is 0 Å². The number of carbonyl (C=O) groups is 4. The summed E-state index contributed by atoms with van der Waals surface area (Å²) >= 11 is 3.72. The fraction of sp³-hybridized carbons (Fsp3) is 0.458. The monoisotopic (exact) mass is 624 g/mol. The average molecular weight is 625 g/mol. The van der Waals surface area contributed by atoms with Gasteiger partial charge < -0.3 is 25.7 Å². The van der Waals surface area contributed by atoms with Crippen molar-refractivity contribution in [1.82, 2.24) is 15.2 Å². The third kappa shape index (κ3) is 5.87. The van der Waals surface area contributed by atoms with Gasteiger partial charge in [0, 0.05) is 16.7 Å². The second-order valence-corrected chi connectivity index (χ2v) is 12.0. The Morgan fingerprint density at radius 2 is 2.07 bits per heavy atom. The number of hydrogen-bond acceptors (Lipinski definition) is 13. The second-order valence-electron chi connectivity index (χ2n) is 8.98. The fourth-order valence-corrected chi connectivity index (χ4v) is 7.33. The predicted octanol–water partition coefficient (Wildman–Crippen LogP) is 0.712. The van der Waals surface area contributed by atoms with Gasteiger partial charge in [-0.2, -0.15) is 0 Å². The first-order valence-corrected chi connectivity index (χ1v) is 15.2. The van der Waals surface area contributed by atoms with Crippen molar-refractivity contribution in [1.29, 1.82) is 0 Å². The number of nitrogens with zero attached hydrogens (tertiary/aromatic N) is 5. The first-order chi connectivity index (χ1) is 19.5. The van der Waals surface area contributed by atoms with E-state index in [0.29, 0.717) is 16.2 Å². The Bertz CT molecular complexity index is 1450. The molecule has 17 heteroatoms. The summed E-state index contributed by atoms with van der Waals surface area (Å²) in [5, 5.41) is 18.5. The van der Waals surface area contributed by atoms with Crippen LogP contribution in [0.3, 0.4) is 0 Å². The molecule has 2 amide bonds. The van der Waals surface area contributed by atoms with Crippen LogP contribution in [0.25, 0.3) is 0 Å². The number of carbonyl (C=O) groups excluding carboxylic acids is 3. The molecule has 41 heavy (non-hydrogen) atoms. The van der Waals surface area contributed by atoms with Crippen LogP contribution >= 0.6 is 34.4 Å². The van der Waals surface area contributed by atoms with Crippen molar-refractivity contribution < 1.29 is 38.4 Å². The summed E-state index contributed by atoms with van der Waals surface area (Å²) in [6.07, 6.45) is 0. The number of aromatic nitrogens is 2. The van der Waals surface area contributed by atoms with Gasteiger partial charge in [0.15, 0.2) is 15.7 Å². The van der Waals surface area contributed by atoms with Crippen LogP contribution in [0, 0.1) is 6.92 Å². The van der Waals surface area contributed by atoms with Gasteiger partial charge in [-0.05, 0) is 32.1 Å².